The molecule has 2 N–H and O–H groups in total. The summed E-state index contributed by atoms with van der Waals surface area (Å²) in [4.78, 5) is 0. The van der Waals surface area contributed by atoms with Crippen LogP contribution in [0.25, 0.3) is 0 Å². The van der Waals surface area contributed by atoms with Crippen LogP contribution in [0.2, 0.25) is 0 Å². The maximum atomic E-state index is 10.4. The van der Waals surface area contributed by atoms with Gasteiger partial charge in [0.2, 0.25) is 0 Å². The first-order valence-corrected chi connectivity index (χ1v) is 7.11. The minimum Gasteiger partial charge on any atom is -0.388 e. The lowest BCUT2D eigenvalue weighted by atomic mass is 9.93. The van der Waals surface area contributed by atoms with Crippen LogP contribution in [0.5, 0.6) is 0 Å². The first kappa shape index (κ1) is 14.5. The van der Waals surface area contributed by atoms with Gasteiger partial charge in [0.1, 0.15) is 0 Å². The zero-order valence-electron chi connectivity index (χ0n) is 12.2. The fourth-order valence-electron chi connectivity index (χ4n) is 2.62. The summed E-state index contributed by atoms with van der Waals surface area (Å²) in [5, 5.41) is 13.9. The van der Waals surface area contributed by atoms with Crippen LogP contribution in [0.4, 0.5) is 0 Å². The van der Waals surface area contributed by atoms with Crippen molar-refractivity contribution in [1.29, 1.82) is 0 Å². The highest BCUT2D eigenvalue weighted by atomic mass is 16.5. The van der Waals surface area contributed by atoms with Gasteiger partial charge in [0.15, 0.2) is 0 Å². The molecule has 1 fully saturated rings. The predicted octanol–water partition coefficient (Wildman–Crippen LogP) is 2.50. The van der Waals surface area contributed by atoms with Crippen molar-refractivity contribution < 1.29 is 9.84 Å². The highest BCUT2D eigenvalue weighted by Gasteiger charge is 2.29. The molecule has 0 amide bonds. The van der Waals surface area contributed by atoms with E-state index in [9.17, 15) is 5.11 Å². The number of ether oxygens (including phenoxy) is 1. The van der Waals surface area contributed by atoms with Crippen LogP contribution >= 0.6 is 0 Å². The fourth-order valence-corrected chi connectivity index (χ4v) is 2.62. The third kappa shape index (κ3) is 3.56. The maximum absolute atomic E-state index is 10.4. The molecule has 0 aliphatic carbocycles. The minimum absolute atomic E-state index is 0.256. The summed E-state index contributed by atoms with van der Waals surface area (Å²) in [5.74, 6) is 0. The Morgan fingerprint density at radius 2 is 2.00 bits per heavy atom. The van der Waals surface area contributed by atoms with E-state index in [1.807, 2.05) is 0 Å². The number of aliphatic hydroxyl groups is 1. The molecule has 1 aliphatic rings. The number of aryl methyl sites for hydroxylation is 1. The molecule has 19 heavy (non-hydrogen) atoms. The second-order valence-corrected chi connectivity index (χ2v) is 5.73. The Labute approximate surface area is 116 Å². The molecule has 0 unspecified atom stereocenters. The second-order valence-electron chi connectivity index (χ2n) is 5.73. The van der Waals surface area contributed by atoms with E-state index in [-0.39, 0.29) is 6.04 Å². The molecule has 0 bridgehead atoms. The van der Waals surface area contributed by atoms with Crippen molar-refractivity contribution in [1.82, 2.24) is 5.32 Å². The zero-order valence-corrected chi connectivity index (χ0v) is 12.2. The minimum atomic E-state index is -0.607. The Bertz CT molecular complexity index is 425. The van der Waals surface area contributed by atoms with Crippen molar-refractivity contribution in [3.63, 3.8) is 0 Å². The first-order valence-electron chi connectivity index (χ1n) is 7.11. The first-order chi connectivity index (χ1) is 9.02. The quantitative estimate of drug-likeness (QED) is 0.877. The molecule has 2 rings (SSSR count). The molecule has 1 atom stereocenters. The summed E-state index contributed by atoms with van der Waals surface area (Å²) >= 11 is 0. The summed E-state index contributed by atoms with van der Waals surface area (Å²) in [7, 11) is 0. The molecule has 0 spiro atoms. The molecular weight excluding hydrogens is 238 g/mol. The molecule has 1 heterocycles. The van der Waals surface area contributed by atoms with Gasteiger partial charge in [-0.3, -0.25) is 0 Å². The Hall–Kier alpha value is -0.900. The van der Waals surface area contributed by atoms with Crippen LogP contribution in [0.1, 0.15) is 42.5 Å². The summed E-state index contributed by atoms with van der Waals surface area (Å²) in [6, 6.07) is 6.65. The van der Waals surface area contributed by atoms with Gasteiger partial charge in [-0.15, -0.1) is 0 Å². The molecule has 3 nitrogen and oxygen atoms in total. The van der Waals surface area contributed by atoms with Crippen LogP contribution in [-0.2, 0) is 4.74 Å². The zero-order chi connectivity index (χ0) is 13.9. The van der Waals surface area contributed by atoms with Gasteiger partial charge in [0.25, 0.3) is 0 Å². The van der Waals surface area contributed by atoms with Crippen LogP contribution < -0.4 is 5.32 Å². The van der Waals surface area contributed by atoms with Gasteiger partial charge in [0.05, 0.1) is 5.60 Å². The Balaban J connectivity index is 1.97. The van der Waals surface area contributed by atoms with E-state index in [1.165, 1.54) is 16.7 Å². The van der Waals surface area contributed by atoms with E-state index in [0.717, 1.165) is 12.8 Å². The Morgan fingerprint density at radius 1 is 1.32 bits per heavy atom. The number of benzene rings is 1. The lowest BCUT2D eigenvalue weighted by Crippen LogP contribution is -2.45. The molecule has 1 aromatic carbocycles. The summed E-state index contributed by atoms with van der Waals surface area (Å²) in [6.45, 7) is 8.41. The van der Waals surface area contributed by atoms with E-state index >= 15 is 0 Å². The summed E-state index contributed by atoms with van der Waals surface area (Å²) in [5.41, 5.74) is 3.36. The van der Waals surface area contributed by atoms with Gasteiger partial charge in [-0.2, -0.15) is 0 Å². The normalized spacial score (nSPS) is 20.2. The molecule has 1 aliphatic heterocycles. The van der Waals surface area contributed by atoms with Gasteiger partial charge < -0.3 is 15.2 Å². The van der Waals surface area contributed by atoms with Crippen molar-refractivity contribution in [3.05, 3.63) is 34.9 Å². The van der Waals surface area contributed by atoms with Crippen molar-refractivity contribution in [3.8, 4) is 0 Å². The topological polar surface area (TPSA) is 41.5 Å². The van der Waals surface area contributed by atoms with Crippen LogP contribution in [0, 0.1) is 13.8 Å². The van der Waals surface area contributed by atoms with Crippen molar-refractivity contribution >= 4 is 0 Å². The lowest BCUT2D eigenvalue weighted by molar-refractivity contribution is -0.0626. The average molecular weight is 263 g/mol. The van der Waals surface area contributed by atoms with Crippen LogP contribution in [0.15, 0.2) is 18.2 Å². The fraction of sp³-hybridized carbons (Fsp3) is 0.625. The number of hydrogen-bond donors (Lipinski definition) is 2. The molecule has 106 valence electrons. The van der Waals surface area contributed by atoms with Gasteiger partial charge >= 0.3 is 0 Å². The number of rotatable bonds is 4. The molecule has 0 aromatic heterocycles. The smallest absolute Gasteiger partial charge is 0.0815 e. The molecule has 0 saturated carbocycles. The average Bonchev–Trinajstić information content (AvgIpc) is 2.40. The van der Waals surface area contributed by atoms with Crippen molar-refractivity contribution in [2.45, 2.75) is 45.3 Å². The molecule has 3 heteroatoms. The van der Waals surface area contributed by atoms with E-state index in [0.29, 0.717) is 19.8 Å². The SMILES string of the molecule is Cc1cccc([C@@H](C)NCC2(O)CCOCC2)c1C. The monoisotopic (exact) mass is 263 g/mol. The van der Waals surface area contributed by atoms with Crippen molar-refractivity contribution in [2.75, 3.05) is 19.8 Å². The van der Waals surface area contributed by atoms with E-state index in [4.69, 9.17) is 4.74 Å². The van der Waals surface area contributed by atoms with Crippen LogP contribution in [0.3, 0.4) is 0 Å². The molecule has 1 saturated heterocycles. The third-order valence-electron chi connectivity index (χ3n) is 4.27. The number of nitrogens with one attached hydrogen (secondary N) is 1. The predicted molar refractivity (Wildman–Crippen MR) is 77.3 cm³/mol. The van der Waals surface area contributed by atoms with Gasteiger partial charge in [-0.1, -0.05) is 18.2 Å². The molecular formula is C16H25NO2. The standard InChI is InChI=1S/C16H25NO2/c1-12-5-4-6-15(13(12)2)14(3)17-11-16(18)7-9-19-10-8-16/h4-6,14,17-18H,7-11H2,1-3H3/t14-/m1/s1. The highest BCUT2D eigenvalue weighted by molar-refractivity contribution is 5.35. The van der Waals surface area contributed by atoms with Crippen LogP contribution in [-0.4, -0.2) is 30.5 Å². The summed E-state index contributed by atoms with van der Waals surface area (Å²) in [6.07, 6.45) is 1.44. The summed E-state index contributed by atoms with van der Waals surface area (Å²) < 4.78 is 5.30. The number of hydrogen-bond acceptors (Lipinski definition) is 3. The van der Waals surface area contributed by atoms with Gasteiger partial charge in [0, 0.05) is 38.6 Å². The van der Waals surface area contributed by atoms with E-state index in [2.05, 4.69) is 44.3 Å². The lowest BCUT2D eigenvalue weighted by Gasteiger charge is -2.33. The van der Waals surface area contributed by atoms with Gasteiger partial charge in [-0.25, -0.2) is 0 Å². The van der Waals surface area contributed by atoms with Crippen molar-refractivity contribution in [2.24, 2.45) is 0 Å². The van der Waals surface area contributed by atoms with E-state index in [1.54, 1.807) is 0 Å². The van der Waals surface area contributed by atoms with E-state index < -0.39 is 5.60 Å². The molecule has 0 radical (unpaired) electrons. The maximum Gasteiger partial charge on any atom is 0.0815 e. The largest absolute Gasteiger partial charge is 0.388 e. The Kier molecular flexibility index (Phi) is 4.61. The molecule has 1 aromatic rings. The second kappa shape index (κ2) is 6.04. The highest BCUT2D eigenvalue weighted by Crippen LogP contribution is 2.23. The third-order valence-corrected chi connectivity index (χ3v) is 4.27. The van der Waals surface area contributed by atoms with Gasteiger partial charge in [-0.05, 0) is 37.5 Å². The Morgan fingerprint density at radius 3 is 2.68 bits per heavy atom.